The average molecular weight is 501 g/mol. The maximum atomic E-state index is 13.0. The van der Waals surface area contributed by atoms with Crippen molar-refractivity contribution in [2.24, 2.45) is 5.92 Å². The Morgan fingerprint density at radius 1 is 1.29 bits per heavy atom. The summed E-state index contributed by atoms with van der Waals surface area (Å²) in [4.78, 5) is 30.2. The monoisotopic (exact) mass is 500 g/mol. The Morgan fingerprint density at radius 2 is 2.09 bits per heavy atom. The third-order valence-corrected chi connectivity index (χ3v) is 8.69. The molecule has 1 aromatic heterocycles. The lowest BCUT2D eigenvalue weighted by molar-refractivity contribution is -0.130. The highest BCUT2D eigenvalue weighted by Gasteiger charge is 2.61. The van der Waals surface area contributed by atoms with Gasteiger partial charge in [-0.1, -0.05) is 6.08 Å². The number of nitrogens with zero attached hydrogens (tertiary/aromatic N) is 1. The van der Waals surface area contributed by atoms with Crippen LogP contribution in [0.2, 0.25) is 0 Å². The van der Waals surface area contributed by atoms with Crippen LogP contribution in [0.15, 0.2) is 43.1 Å². The molecule has 186 valence electrons. The first-order chi connectivity index (χ1) is 16.8. The molecule has 10 nitrogen and oxygen atoms in total. The molecule has 0 spiro atoms. The van der Waals surface area contributed by atoms with Crippen molar-refractivity contribution in [3.8, 4) is 11.6 Å². The van der Waals surface area contributed by atoms with Gasteiger partial charge in [0.05, 0.1) is 18.4 Å². The molecular weight excluding hydrogens is 472 g/mol. The highest BCUT2D eigenvalue weighted by molar-refractivity contribution is 7.91. The lowest BCUT2D eigenvalue weighted by atomic mass is 10.1. The van der Waals surface area contributed by atoms with Gasteiger partial charge >= 0.3 is 0 Å². The number of carbonyl (C=O) groups is 2. The SMILES string of the molecule is C=CC1C[C@]1(NC(=O)[C@@H]1CC(Oc2nccc3cc(OC)ccc23)CN1)C(=O)NS(=O)(=O)C1CC1. The fourth-order valence-electron chi connectivity index (χ4n) is 4.52. The van der Waals surface area contributed by atoms with Crippen molar-refractivity contribution in [3.05, 3.63) is 43.1 Å². The predicted molar refractivity (Wildman–Crippen MR) is 128 cm³/mol. The molecule has 2 aliphatic carbocycles. The quantitative estimate of drug-likeness (QED) is 0.435. The van der Waals surface area contributed by atoms with Crippen LogP contribution < -0.4 is 24.8 Å². The highest BCUT2D eigenvalue weighted by atomic mass is 32.2. The second-order valence-electron chi connectivity index (χ2n) is 9.32. The molecule has 2 unspecified atom stereocenters. The third kappa shape index (κ3) is 4.57. The molecule has 3 aliphatic rings. The van der Waals surface area contributed by atoms with Crippen LogP contribution in [0.5, 0.6) is 11.6 Å². The fourth-order valence-corrected chi connectivity index (χ4v) is 5.89. The Kier molecular flexibility index (Phi) is 5.92. The zero-order valence-electron chi connectivity index (χ0n) is 19.3. The molecule has 3 fully saturated rings. The summed E-state index contributed by atoms with van der Waals surface area (Å²) in [5.41, 5.74) is -1.29. The number of methoxy groups -OCH3 is 1. The maximum Gasteiger partial charge on any atom is 0.259 e. The topological polar surface area (TPSA) is 136 Å². The zero-order valence-corrected chi connectivity index (χ0v) is 20.1. The number of ether oxygens (including phenoxy) is 2. The molecule has 5 rings (SSSR count). The van der Waals surface area contributed by atoms with E-state index in [0.717, 1.165) is 16.5 Å². The molecule has 35 heavy (non-hydrogen) atoms. The number of sulfonamides is 1. The highest BCUT2D eigenvalue weighted by Crippen LogP contribution is 2.45. The zero-order chi connectivity index (χ0) is 24.8. The maximum absolute atomic E-state index is 13.0. The normalized spacial score (nSPS) is 27.7. The molecule has 1 aromatic carbocycles. The van der Waals surface area contributed by atoms with Gasteiger partial charge in [0, 0.05) is 30.5 Å². The molecule has 3 N–H and O–H groups in total. The van der Waals surface area contributed by atoms with Gasteiger partial charge in [-0.2, -0.15) is 0 Å². The third-order valence-electron chi connectivity index (χ3n) is 6.87. The summed E-state index contributed by atoms with van der Waals surface area (Å²) in [6.45, 7) is 4.14. The number of nitrogens with one attached hydrogen (secondary N) is 3. The van der Waals surface area contributed by atoms with Crippen molar-refractivity contribution in [1.82, 2.24) is 20.3 Å². The van der Waals surface area contributed by atoms with E-state index in [9.17, 15) is 18.0 Å². The first-order valence-electron chi connectivity index (χ1n) is 11.6. The van der Waals surface area contributed by atoms with Crippen LogP contribution in [0.1, 0.15) is 25.7 Å². The van der Waals surface area contributed by atoms with Crippen molar-refractivity contribution >= 4 is 32.6 Å². The summed E-state index contributed by atoms with van der Waals surface area (Å²) in [5, 5.41) is 7.14. The Balaban J connectivity index is 1.23. The van der Waals surface area contributed by atoms with Crippen LogP contribution >= 0.6 is 0 Å². The van der Waals surface area contributed by atoms with E-state index in [1.165, 1.54) is 0 Å². The molecule has 1 saturated heterocycles. The van der Waals surface area contributed by atoms with Crippen molar-refractivity contribution < 1.29 is 27.5 Å². The minimum absolute atomic E-state index is 0.305. The molecular formula is C24H28N4O6S. The van der Waals surface area contributed by atoms with Crippen LogP contribution in [-0.2, 0) is 19.6 Å². The minimum atomic E-state index is -3.72. The van der Waals surface area contributed by atoms with Gasteiger partial charge in [0.1, 0.15) is 17.4 Å². The van der Waals surface area contributed by atoms with Crippen LogP contribution in [0.4, 0.5) is 0 Å². The lowest BCUT2D eigenvalue weighted by Crippen LogP contribution is -2.55. The van der Waals surface area contributed by atoms with Crippen LogP contribution in [-0.4, -0.2) is 61.8 Å². The molecule has 2 aromatic rings. The number of benzene rings is 1. The number of hydrogen-bond donors (Lipinski definition) is 3. The molecule has 2 heterocycles. The number of carbonyl (C=O) groups excluding carboxylic acids is 2. The fraction of sp³-hybridized carbons (Fsp3) is 0.458. The van der Waals surface area contributed by atoms with E-state index in [1.54, 1.807) is 19.4 Å². The first kappa shape index (κ1) is 23.6. The van der Waals surface area contributed by atoms with Gasteiger partial charge in [-0.25, -0.2) is 13.4 Å². The molecule has 11 heteroatoms. The van der Waals surface area contributed by atoms with E-state index in [4.69, 9.17) is 9.47 Å². The Bertz CT molecular complexity index is 1290. The van der Waals surface area contributed by atoms with E-state index in [0.29, 0.717) is 38.1 Å². The summed E-state index contributed by atoms with van der Waals surface area (Å²) in [7, 11) is -2.11. The first-order valence-corrected chi connectivity index (χ1v) is 13.1. The van der Waals surface area contributed by atoms with Crippen molar-refractivity contribution in [2.75, 3.05) is 13.7 Å². The summed E-state index contributed by atoms with van der Waals surface area (Å²) >= 11 is 0. The molecule has 2 amide bonds. The number of amides is 2. The number of rotatable bonds is 9. The number of hydrogen-bond acceptors (Lipinski definition) is 8. The number of aromatic nitrogens is 1. The second kappa shape index (κ2) is 8.80. The Morgan fingerprint density at radius 3 is 2.77 bits per heavy atom. The number of fused-ring (bicyclic) bond motifs is 1. The van der Waals surface area contributed by atoms with Crippen LogP contribution in [0.3, 0.4) is 0 Å². The molecule has 0 radical (unpaired) electrons. The standard InChI is InChI=1S/C24H28N4O6S/c1-3-15-12-24(15,23(30)28-35(31,32)18-5-6-18)27-21(29)20-11-17(13-26-20)34-22-19-7-4-16(33-2)10-14(19)8-9-25-22/h3-4,7-10,15,17-18,20,26H,1,5-6,11-13H2,2H3,(H,27,29)(H,28,30)/t15?,17?,20-,24+/m0/s1. The van der Waals surface area contributed by atoms with Crippen molar-refractivity contribution in [1.29, 1.82) is 0 Å². The van der Waals surface area contributed by atoms with E-state index >= 15 is 0 Å². The van der Waals surface area contributed by atoms with E-state index < -0.39 is 32.8 Å². The molecule has 2 saturated carbocycles. The second-order valence-corrected chi connectivity index (χ2v) is 11.3. The largest absolute Gasteiger partial charge is 0.497 e. The predicted octanol–water partition coefficient (Wildman–Crippen LogP) is 1.02. The van der Waals surface area contributed by atoms with Crippen LogP contribution in [0, 0.1) is 5.92 Å². The molecule has 1 aliphatic heterocycles. The minimum Gasteiger partial charge on any atom is -0.497 e. The Hall–Kier alpha value is -3.18. The summed E-state index contributed by atoms with van der Waals surface area (Å²) in [6, 6.07) is 6.88. The summed E-state index contributed by atoms with van der Waals surface area (Å²) in [6.07, 6.45) is 4.68. The molecule has 4 atom stereocenters. The lowest BCUT2D eigenvalue weighted by Gasteiger charge is -2.21. The van der Waals surface area contributed by atoms with Gasteiger partial charge in [0.15, 0.2) is 0 Å². The average Bonchev–Trinajstić information content (AvgIpc) is 3.76. The van der Waals surface area contributed by atoms with Crippen LogP contribution in [0.25, 0.3) is 10.8 Å². The van der Waals surface area contributed by atoms with E-state index in [1.807, 2.05) is 24.3 Å². The van der Waals surface area contributed by atoms with E-state index in [2.05, 4.69) is 26.9 Å². The van der Waals surface area contributed by atoms with E-state index in [-0.39, 0.29) is 17.9 Å². The number of pyridine rings is 1. The summed E-state index contributed by atoms with van der Waals surface area (Å²) < 4.78 is 38.0. The van der Waals surface area contributed by atoms with Gasteiger partial charge in [0.2, 0.25) is 21.8 Å². The van der Waals surface area contributed by atoms with Gasteiger partial charge in [-0.3, -0.25) is 14.3 Å². The van der Waals surface area contributed by atoms with Crippen molar-refractivity contribution in [2.45, 2.75) is 48.6 Å². The van der Waals surface area contributed by atoms with Gasteiger partial charge < -0.3 is 20.1 Å². The Labute approximate surface area is 203 Å². The smallest absolute Gasteiger partial charge is 0.259 e. The van der Waals surface area contributed by atoms with Crippen molar-refractivity contribution in [3.63, 3.8) is 0 Å². The van der Waals surface area contributed by atoms with Gasteiger partial charge in [-0.15, -0.1) is 6.58 Å². The van der Waals surface area contributed by atoms with Gasteiger partial charge in [-0.05, 0) is 48.9 Å². The molecule has 0 bridgehead atoms. The van der Waals surface area contributed by atoms with Gasteiger partial charge in [0.25, 0.3) is 5.91 Å². The summed E-state index contributed by atoms with van der Waals surface area (Å²) in [5.74, 6) is -0.215.